The molecule has 31 heavy (non-hydrogen) atoms. The molecule has 1 unspecified atom stereocenters. The van der Waals surface area contributed by atoms with Gasteiger partial charge in [-0.2, -0.15) is 0 Å². The highest BCUT2D eigenvalue weighted by atomic mass is 16.5. The zero-order valence-corrected chi connectivity index (χ0v) is 20.3. The molecule has 0 radical (unpaired) electrons. The molecular weight excluding hydrogens is 384 g/mol. The zero-order valence-electron chi connectivity index (χ0n) is 20.3. The summed E-state index contributed by atoms with van der Waals surface area (Å²) in [5, 5.41) is 0. The van der Waals surface area contributed by atoms with Crippen LogP contribution in [-0.2, 0) is 9.53 Å². The predicted molar refractivity (Wildman–Crippen MR) is 128 cm³/mol. The largest absolute Gasteiger partial charge is 0.366 e. The molecule has 1 aliphatic carbocycles. The first kappa shape index (κ1) is 24.3. The molecule has 1 aromatic carbocycles. The highest BCUT2D eigenvalue weighted by molar-refractivity contribution is 5.76. The van der Waals surface area contributed by atoms with Crippen LogP contribution in [0.2, 0.25) is 0 Å². The third-order valence-electron chi connectivity index (χ3n) is 7.87. The van der Waals surface area contributed by atoms with E-state index in [4.69, 9.17) is 4.74 Å². The lowest BCUT2D eigenvalue weighted by atomic mass is 9.77. The lowest BCUT2D eigenvalue weighted by Gasteiger charge is -2.37. The molecule has 1 heterocycles. The van der Waals surface area contributed by atoms with Gasteiger partial charge in [-0.1, -0.05) is 51.1 Å². The number of rotatable bonds is 9. The average Bonchev–Trinajstić information content (AvgIpc) is 2.80. The Morgan fingerprint density at radius 3 is 2.29 bits per heavy atom. The Labute approximate surface area is 190 Å². The smallest absolute Gasteiger partial charge is 0.222 e. The van der Waals surface area contributed by atoms with E-state index >= 15 is 0 Å². The number of likely N-dealkylation sites (tertiary alicyclic amines) is 1. The first-order valence-electron chi connectivity index (χ1n) is 12.5. The second-order valence-electron chi connectivity index (χ2n) is 10.4. The molecule has 174 valence electrons. The van der Waals surface area contributed by atoms with Crippen molar-refractivity contribution in [2.24, 2.45) is 17.8 Å². The summed E-state index contributed by atoms with van der Waals surface area (Å²) >= 11 is 0. The van der Waals surface area contributed by atoms with E-state index in [0.717, 1.165) is 45.7 Å². The van der Waals surface area contributed by atoms with E-state index in [2.05, 4.69) is 60.9 Å². The molecule has 1 aliphatic heterocycles. The lowest BCUT2D eigenvalue weighted by Crippen LogP contribution is -2.46. The Balaban J connectivity index is 1.34. The maximum atomic E-state index is 12.9. The van der Waals surface area contributed by atoms with Crippen LogP contribution in [0.1, 0.15) is 77.2 Å². The minimum atomic E-state index is 0.351. The Kier molecular flexibility index (Phi) is 9.40. The second kappa shape index (κ2) is 12.0. The van der Waals surface area contributed by atoms with E-state index in [1.165, 1.54) is 31.2 Å². The Morgan fingerprint density at radius 1 is 1.03 bits per heavy atom. The molecule has 1 saturated heterocycles. The van der Waals surface area contributed by atoms with Crippen LogP contribution in [0.3, 0.4) is 0 Å². The number of hydrogen-bond acceptors (Lipinski definition) is 3. The van der Waals surface area contributed by atoms with E-state index in [-0.39, 0.29) is 0 Å². The summed E-state index contributed by atoms with van der Waals surface area (Å²) in [6.45, 7) is 10.4. The van der Waals surface area contributed by atoms with Crippen molar-refractivity contribution in [3.8, 4) is 0 Å². The minimum absolute atomic E-state index is 0.351. The molecule has 4 heteroatoms. The van der Waals surface area contributed by atoms with Gasteiger partial charge in [0.1, 0.15) is 0 Å². The van der Waals surface area contributed by atoms with Gasteiger partial charge in [0, 0.05) is 32.6 Å². The van der Waals surface area contributed by atoms with Gasteiger partial charge in [0.25, 0.3) is 0 Å². The van der Waals surface area contributed by atoms with Gasteiger partial charge in [0.2, 0.25) is 5.91 Å². The van der Waals surface area contributed by atoms with Crippen molar-refractivity contribution in [1.29, 1.82) is 0 Å². The molecule has 1 atom stereocenters. The molecular formula is C27H44N2O2. The van der Waals surface area contributed by atoms with Crippen LogP contribution in [0.4, 0.5) is 0 Å². The number of hydrogen-bond donors (Lipinski definition) is 0. The van der Waals surface area contributed by atoms with Crippen molar-refractivity contribution in [2.45, 2.75) is 77.7 Å². The minimum Gasteiger partial charge on any atom is -0.366 e. The van der Waals surface area contributed by atoms with E-state index in [1.54, 1.807) is 0 Å². The number of amides is 1. The fourth-order valence-corrected chi connectivity index (χ4v) is 5.02. The van der Waals surface area contributed by atoms with Crippen molar-refractivity contribution < 1.29 is 9.53 Å². The van der Waals surface area contributed by atoms with Gasteiger partial charge < -0.3 is 9.64 Å². The van der Waals surface area contributed by atoms with Crippen LogP contribution in [0.5, 0.6) is 0 Å². The van der Waals surface area contributed by atoms with Crippen molar-refractivity contribution >= 4 is 5.91 Å². The predicted octanol–water partition coefficient (Wildman–Crippen LogP) is 5.54. The van der Waals surface area contributed by atoms with Crippen LogP contribution in [0, 0.1) is 17.8 Å². The summed E-state index contributed by atoms with van der Waals surface area (Å²) in [6, 6.07) is 11.3. The zero-order chi connectivity index (χ0) is 22.2. The Morgan fingerprint density at radius 2 is 1.68 bits per heavy atom. The fourth-order valence-electron chi connectivity index (χ4n) is 5.02. The normalized spacial score (nSPS) is 24.3. The molecule has 1 aromatic rings. The van der Waals surface area contributed by atoms with Gasteiger partial charge in [-0.15, -0.1) is 0 Å². The summed E-state index contributed by atoms with van der Waals surface area (Å²) in [7, 11) is 2.03. The summed E-state index contributed by atoms with van der Waals surface area (Å²) in [6.07, 6.45) is 7.67. The molecule has 3 rings (SSSR count). The van der Waals surface area contributed by atoms with Crippen LogP contribution >= 0.6 is 0 Å². The number of carbonyl (C=O) groups excluding carboxylic acids is 1. The molecule has 4 nitrogen and oxygen atoms in total. The van der Waals surface area contributed by atoms with E-state index in [0.29, 0.717) is 35.6 Å². The van der Waals surface area contributed by atoms with Crippen LogP contribution < -0.4 is 0 Å². The molecule has 0 aromatic heterocycles. The van der Waals surface area contributed by atoms with Crippen molar-refractivity contribution in [2.75, 3.05) is 33.5 Å². The van der Waals surface area contributed by atoms with Gasteiger partial charge in [-0.05, 0) is 67.8 Å². The molecule has 2 fully saturated rings. The highest BCUT2D eigenvalue weighted by Gasteiger charge is 2.29. The van der Waals surface area contributed by atoms with Crippen LogP contribution in [0.15, 0.2) is 30.3 Å². The van der Waals surface area contributed by atoms with Crippen LogP contribution in [-0.4, -0.2) is 55.2 Å². The topological polar surface area (TPSA) is 32.8 Å². The number of piperidine rings is 1. The second-order valence-corrected chi connectivity index (χ2v) is 10.4. The molecule has 0 spiro atoms. The van der Waals surface area contributed by atoms with Gasteiger partial charge in [-0.25, -0.2) is 0 Å². The first-order chi connectivity index (χ1) is 14.9. The molecule has 1 saturated carbocycles. The number of nitrogens with zero attached hydrogens (tertiary/aromatic N) is 2. The van der Waals surface area contributed by atoms with Gasteiger partial charge in [0.05, 0.1) is 13.3 Å². The number of benzene rings is 1. The third kappa shape index (κ3) is 7.32. The van der Waals surface area contributed by atoms with E-state index in [9.17, 15) is 4.79 Å². The maximum absolute atomic E-state index is 12.9. The number of carbonyl (C=O) groups is 1. The van der Waals surface area contributed by atoms with Gasteiger partial charge in [0.15, 0.2) is 0 Å². The molecule has 0 bridgehead atoms. The summed E-state index contributed by atoms with van der Waals surface area (Å²) < 4.78 is 5.93. The SMILES string of the molecule is CC(C)C(C)COCN1CCC(N(C)C(=O)CC2CCC(c3ccccc3)CC2)CC1. The van der Waals surface area contributed by atoms with Crippen molar-refractivity contribution in [3.63, 3.8) is 0 Å². The molecule has 2 aliphatic rings. The molecule has 0 N–H and O–H groups in total. The van der Waals surface area contributed by atoms with Crippen LogP contribution in [0.25, 0.3) is 0 Å². The summed E-state index contributed by atoms with van der Waals surface area (Å²) in [4.78, 5) is 17.4. The van der Waals surface area contributed by atoms with E-state index < -0.39 is 0 Å². The summed E-state index contributed by atoms with van der Waals surface area (Å²) in [5.41, 5.74) is 1.47. The quantitative estimate of drug-likeness (QED) is 0.518. The van der Waals surface area contributed by atoms with Crippen molar-refractivity contribution in [3.05, 3.63) is 35.9 Å². The average molecular weight is 429 g/mol. The maximum Gasteiger partial charge on any atom is 0.222 e. The fraction of sp³-hybridized carbons (Fsp3) is 0.741. The first-order valence-corrected chi connectivity index (χ1v) is 12.5. The van der Waals surface area contributed by atoms with Gasteiger partial charge >= 0.3 is 0 Å². The Bertz CT molecular complexity index is 646. The van der Waals surface area contributed by atoms with Gasteiger partial charge in [-0.3, -0.25) is 9.69 Å². The standard InChI is InChI=1S/C27H44N2O2/c1-21(2)22(3)19-31-20-29-16-14-26(15-17-29)28(4)27(30)18-23-10-12-25(13-11-23)24-8-6-5-7-9-24/h5-9,21-23,25-26H,10-20H2,1-4H3. The van der Waals surface area contributed by atoms with E-state index in [1.807, 2.05) is 7.05 Å². The number of ether oxygens (including phenoxy) is 1. The lowest BCUT2D eigenvalue weighted by molar-refractivity contribution is -0.134. The van der Waals surface area contributed by atoms with Crippen molar-refractivity contribution in [1.82, 2.24) is 9.80 Å². The Hall–Kier alpha value is -1.39. The third-order valence-corrected chi connectivity index (χ3v) is 7.87. The monoisotopic (exact) mass is 428 g/mol. The highest BCUT2D eigenvalue weighted by Crippen LogP contribution is 2.37. The molecule has 1 amide bonds. The summed E-state index contributed by atoms with van der Waals surface area (Å²) in [5.74, 6) is 2.86.